The van der Waals surface area contributed by atoms with E-state index in [4.69, 9.17) is 0 Å². The lowest BCUT2D eigenvalue weighted by atomic mass is 9.70. The van der Waals surface area contributed by atoms with Gasteiger partial charge in [0.15, 0.2) is 0 Å². The molecule has 3 rings (SSSR count). The fourth-order valence-corrected chi connectivity index (χ4v) is 3.65. The van der Waals surface area contributed by atoms with Gasteiger partial charge in [0.05, 0.1) is 0 Å². The Bertz CT molecular complexity index is 372. The highest BCUT2D eigenvalue weighted by atomic mass is 14.9. The second kappa shape index (κ2) is 5.44. The largest absolute Gasteiger partial charge is 0.316 e. The van der Waals surface area contributed by atoms with Crippen LogP contribution in [0.2, 0.25) is 0 Å². The summed E-state index contributed by atoms with van der Waals surface area (Å²) in [4.78, 5) is 0. The molecule has 0 radical (unpaired) electrons. The molecule has 0 aromatic heterocycles. The Morgan fingerprint density at radius 3 is 2.61 bits per heavy atom. The van der Waals surface area contributed by atoms with Crippen molar-refractivity contribution in [2.24, 2.45) is 17.8 Å². The lowest BCUT2D eigenvalue weighted by molar-refractivity contribution is 0.144. The number of benzene rings is 1. The van der Waals surface area contributed by atoms with E-state index in [0.29, 0.717) is 0 Å². The van der Waals surface area contributed by atoms with E-state index in [9.17, 15) is 0 Å². The maximum absolute atomic E-state index is 3.60. The van der Waals surface area contributed by atoms with Gasteiger partial charge in [0.1, 0.15) is 0 Å². The molecule has 1 heteroatoms. The summed E-state index contributed by atoms with van der Waals surface area (Å²) >= 11 is 0. The van der Waals surface area contributed by atoms with Gasteiger partial charge < -0.3 is 5.32 Å². The van der Waals surface area contributed by atoms with Crippen LogP contribution < -0.4 is 5.32 Å². The number of hydrogen-bond acceptors (Lipinski definition) is 1. The van der Waals surface area contributed by atoms with Crippen molar-refractivity contribution in [2.45, 2.75) is 38.5 Å². The maximum Gasteiger partial charge on any atom is -0.00178 e. The molecule has 0 aliphatic heterocycles. The van der Waals surface area contributed by atoms with Crippen molar-refractivity contribution in [3.05, 3.63) is 35.9 Å². The van der Waals surface area contributed by atoms with E-state index >= 15 is 0 Å². The molecule has 4 unspecified atom stereocenters. The van der Waals surface area contributed by atoms with Crippen molar-refractivity contribution in [3.63, 3.8) is 0 Å². The summed E-state index contributed by atoms with van der Waals surface area (Å²) in [6, 6.07) is 11.1. The van der Waals surface area contributed by atoms with Crippen molar-refractivity contribution < 1.29 is 0 Å². The van der Waals surface area contributed by atoms with Gasteiger partial charge in [0, 0.05) is 0 Å². The van der Waals surface area contributed by atoms with Gasteiger partial charge >= 0.3 is 0 Å². The third kappa shape index (κ3) is 2.47. The van der Waals surface area contributed by atoms with Crippen molar-refractivity contribution in [3.8, 4) is 0 Å². The van der Waals surface area contributed by atoms with E-state index in [1.54, 1.807) is 5.56 Å². The van der Waals surface area contributed by atoms with Crippen LogP contribution >= 0.6 is 0 Å². The molecule has 98 valence electrons. The van der Waals surface area contributed by atoms with Crippen LogP contribution in [0.5, 0.6) is 0 Å². The van der Waals surface area contributed by atoms with Crippen molar-refractivity contribution in [1.29, 1.82) is 0 Å². The molecule has 2 fully saturated rings. The molecule has 4 atom stereocenters. The van der Waals surface area contributed by atoms with Gasteiger partial charge in [-0.05, 0) is 68.0 Å². The molecule has 2 saturated carbocycles. The molecule has 2 aliphatic rings. The number of hydrogen-bond donors (Lipinski definition) is 1. The van der Waals surface area contributed by atoms with E-state index in [0.717, 1.165) is 23.7 Å². The molecule has 1 aromatic rings. The first kappa shape index (κ1) is 12.2. The molecule has 2 aliphatic carbocycles. The summed E-state index contributed by atoms with van der Waals surface area (Å²) in [6.07, 6.45) is 5.64. The molecule has 1 N–H and O–H groups in total. The molecule has 0 saturated heterocycles. The topological polar surface area (TPSA) is 12.0 Å². The van der Waals surface area contributed by atoms with Gasteiger partial charge in [0.25, 0.3) is 0 Å². The highest BCUT2D eigenvalue weighted by Crippen LogP contribution is 2.58. The zero-order valence-electron chi connectivity index (χ0n) is 11.4. The monoisotopic (exact) mass is 243 g/mol. The van der Waals surface area contributed by atoms with Crippen LogP contribution in [0.3, 0.4) is 0 Å². The minimum Gasteiger partial charge on any atom is -0.316 e. The number of rotatable bonds is 6. The van der Waals surface area contributed by atoms with E-state index in [-0.39, 0.29) is 0 Å². The van der Waals surface area contributed by atoms with Gasteiger partial charge in [-0.3, -0.25) is 0 Å². The highest BCUT2D eigenvalue weighted by molar-refractivity contribution is 5.26. The van der Waals surface area contributed by atoms with E-state index in [1.165, 1.54) is 38.8 Å². The van der Waals surface area contributed by atoms with Gasteiger partial charge in [-0.25, -0.2) is 0 Å². The van der Waals surface area contributed by atoms with Crippen LogP contribution in [-0.4, -0.2) is 13.1 Å². The molecule has 0 spiro atoms. The summed E-state index contributed by atoms with van der Waals surface area (Å²) in [5.41, 5.74) is 1.58. The summed E-state index contributed by atoms with van der Waals surface area (Å²) in [7, 11) is 0. The van der Waals surface area contributed by atoms with Gasteiger partial charge in [-0.1, -0.05) is 37.3 Å². The van der Waals surface area contributed by atoms with Gasteiger partial charge in [-0.2, -0.15) is 0 Å². The van der Waals surface area contributed by atoms with Crippen LogP contribution in [-0.2, 0) is 0 Å². The van der Waals surface area contributed by atoms with Crippen LogP contribution in [0, 0.1) is 17.8 Å². The van der Waals surface area contributed by atoms with Gasteiger partial charge in [-0.15, -0.1) is 0 Å². The predicted octanol–water partition coefficient (Wildman–Crippen LogP) is 3.82. The van der Waals surface area contributed by atoms with E-state index in [2.05, 4.69) is 42.6 Å². The predicted molar refractivity (Wildman–Crippen MR) is 76.7 cm³/mol. The Balaban J connectivity index is 1.49. The minimum atomic E-state index is 0.880. The summed E-state index contributed by atoms with van der Waals surface area (Å²) in [5, 5.41) is 3.60. The third-order valence-electron chi connectivity index (χ3n) is 4.93. The zero-order chi connectivity index (χ0) is 12.4. The van der Waals surface area contributed by atoms with Crippen LogP contribution in [0.15, 0.2) is 30.3 Å². The molecule has 1 nitrogen and oxygen atoms in total. The summed E-state index contributed by atoms with van der Waals surface area (Å²) in [6.45, 7) is 4.70. The fraction of sp³-hybridized carbons (Fsp3) is 0.647. The second-order valence-corrected chi connectivity index (χ2v) is 6.12. The first-order valence-corrected chi connectivity index (χ1v) is 7.65. The smallest absolute Gasteiger partial charge is 0.00178 e. The molecule has 0 amide bonds. The standard InChI is InChI=1S/C17H25N/c1-2-10-18-12-14-8-9-15(14)17-11-16(17)13-6-4-3-5-7-13/h3-7,14-18H,2,8-12H2,1H3. The van der Waals surface area contributed by atoms with Gasteiger partial charge in [0.2, 0.25) is 0 Å². The number of nitrogens with one attached hydrogen (secondary N) is 1. The first-order valence-electron chi connectivity index (χ1n) is 7.65. The Morgan fingerprint density at radius 2 is 1.94 bits per heavy atom. The van der Waals surface area contributed by atoms with Crippen LogP contribution in [0.25, 0.3) is 0 Å². The normalized spacial score (nSPS) is 34.1. The molecule has 18 heavy (non-hydrogen) atoms. The quantitative estimate of drug-likeness (QED) is 0.749. The Morgan fingerprint density at radius 1 is 1.11 bits per heavy atom. The molecular formula is C17H25N. The lowest BCUT2D eigenvalue weighted by Crippen LogP contribution is -2.36. The average molecular weight is 243 g/mol. The summed E-state index contributed by atoms with van der Waals surface area (Å²) < 4.78 is 0. The van der Waals surface area contributed by atoms with E-state index in [1.807, 2.05) is 0 Å². The average Bonchev–Trinajstić information content (AvgIpc) is 3.14. The SMILES string of the molecule is CCCNCC1CCC1C1CC1c1ccccc1. The Labute approximate surface area is 111 Å². The molecule has 0 heterocycles. The second-order valence-electron chi connectivity index (χ2n) is 6.12. The van der Waals surface area contributed by atoms with Crippen molar-refractivity contribution in [1.82, 2.24) is 5.32 Å². The molecule has 0 bridgehead atoms. The Kier molecular flexibility index (Phi) is 3.69. The molecular weight excluding hydrogens is 218 g/mol. The first-order chi connectivity index (χ1) is 8.90. The zero-order valence-corrected chi connectivity index (χ0v) is 11.4. The summed E-state index contributed by atoms with van der Waals surface area (Å²) in [5.74, 6) is 3.86. The maximum atomic E-state index is 3.60. The minimum absolute atomic E-state index is 0.880. The Hall–Kier alpha value is -0.820. The van der Waals surface area contributed by atoms with Crippen molar-refractivity contribution in [2.75, 3.05) is 13.1 Å². The molecule has 1 aromatic carbocycles. The van der Waals surface area contributed by atoms with Crippen molar-refractivity contribution >= 4 is 0 Å². The third-order valence-corrected chi connectivity index (χ3v) is 4.93. The highest BCUT2D eigenvalue weighted by Gasteiger charge is 2.49. The fourth-order valence-electron chi connectivity index (χ4n) is 3.65. The van der Waals surface area contributed by atoms with E-state index < -0.39 is 0 Å². The van der Waals surface area contributed by atoms with Crippen LogP contribution in [0.1, 0.15) is 44.1 Å². The van der Waals surface area contributed by atoms with Crippen LogP contribution in [0.4, 0.5) is 0 Å². The lowest BCUT2D eigenvalue weighted by Gasteiger charge is -2.37.